The lowest BCUT2D eigenvalue weighted by molar-refractivity contribution is -0.199. The number of aliphatic hydroxyl groups is 1. The lowest BCUT2D eigenvalue weighted by Gasteiger charge is -2.36. The molecule has 3 nitrogen and oxygen atoms in total. The highest BCUT2D eigenvalue weighted by atomic mass is 19.4. The minimum atomic E-state index is -4.26. The van der Waals surface area contributed by atoms with Crippen molar-refractivity contribution in [3.63, 3.8) is 0 Å². The molecule has 1 N–H and O–H groups in total. The van der Waals surface area contributed by atoms with Crippen molar-refractivity contribution in [1.29, 1.82) is 5.26 Å². The van der Waals surface area contributed by atoms with Crippen LogP contribution in [0.1, 0.15) is 32.1 Å². The molecule has 0 aromatic heterocycles. The van der Waals surface area contributed by atoms with Gasteiger partial charge in [-0.15, -0.1) is 0 Å². The van der Waals surface area contributed by atoms with Crippen LogP contribution in [0.3, 0.4) is 0 Å². The predicted octanol–water partition coefficient (Wildman–Crippen LogP) is 2.40. The molecule has 0 aliphatic heterocycles. The molecular weight excluding hydrogens is 235 g/mol. The molecule has 0 amide bonds. The number of nitriles is 1. The van der Waals surface area contributed by atoms with Crippen LogP contribution in [0.15, 0.2) is 0 Å². The number of hydrogen-bond donors (Lipinski definition) is 1. The van der Waals surface area contributed by atoms with Crippen molar-refractivity contribution in [2.75, 3.05) is 13.2 Å². The lowest BCUT2D eigenvalue weighted by Crippen LogP contribution is -2.41. The van der Waals surface area contributed by atoms with Gasteiger partial charge in [0.05, 0.1) is 18.6 Å². The molecule has 2 unspecified atom stereocenters. The first kappa shape index (κ1) is 14.3. The molecule has 0 saturated heterocycles. The molecule has 0 aromatic carbocycles. The summed E-state index contributed by atoms with van der Waals surface area (Å²) in [5, 5.41) is 17.6. The van der Waals surface area contributed by atoms with Gasteiger partial charge in [-0.2, -0.15) is 18.4 Å². The molecule has 0 spiro atoms. The predicted molar refractivity (Wildman–Crippen MR) is 54.0 cm³/mol. The van der Waals surface area contributed by atoms with Gasteiger partial charge in [0.1, 0.15) is 0 Å². The highest BCUT2D eigenvalue weighted by Gasteiger charge is 2.48. The summed E-state index contributed by atoms with van der Waals surface area (Å²) in [6.07, 6.45) is -3.48. The van der Waals surface area contributed by atoms with Gasteiger partial charge in [-0.1, -0.05) is 0 Å². The SMILES string of the molecule is N#CC1(OCCCO)CCCC(C(F)(F)F)C1. The van der Waals surface area contributed by atoms with Crippen molar-refractivity contribution < 1.29 is 23.0 Å². The summed E-state index contributed by atoms with van der Waals surface area (Å²) in [5.41, 5.74) is -1.33. The van der Waals surface area contributed by atoms with E-state index in [1.165, 1.54) is 0 Å². The number of halogens is 3. The average Bonchev–Trinajstić information content (AvgIpc) is 2.29. The van der Waals surface area contributed by atoms with Crippen LogP contribution in [-0.4, -0.2) is 30.1 Å². The van der Waals surface area contributed by atoms with Crippen molar-refractivity contribution >= 4 is 0 Å². The lowest BCUT2D eigenvalue weighted by atomic mass is 9.78. The third-order valence-corrected chi connectivity index (χ3v) is 3.06. The maximum atomic E-state index is 12.6. The van der Waals surface area contributed by atoms with E-state index in [0.29, 0.717) is 19.3 Å². The smallest absolute Gasteiger partial charge is 0.391 e. The number of ether oxygens (including phenoxy) is 1. The summed E-state index contributed by atoms with van der Waals surface area (Å²) >= 11 is 0. The summed E-state index contributed by atoms with van der Waals surface area (Å²) in [7, 11) is 0. The van der Waals surface area contributed by atoms with Gasteiger partial charge in [-0.05, 0) is 25.7 Å². The second-order valence-electron chi connectivity index (χ2n) is 4.37. The van der Waals surface area contributed by atoms with Crippen molar-refractivity contribution in [1.82, 2.24) is 0 Å². The molecule has 1 aliphatic rings. The van der Waals surface area contributed by atoms with Crippen molar-refractivity contribution in [2.45, 2.75) is 43.9 Å². The zero-order valence-electron chi connectivity index (χ0n) is 9.46. The Bertz CT molecular complexity index is 287. The molecule has 98 valence electrons. The van der Waals surface area contributed by atoms with E-state index >= 15 is 0 Å². The minimum absolute atomic E-state index is 0.0658. The fraction of sp³-hybridized carbons (Fsp3) is 0.909. The van der Waals surface area contributed by atoms with Crippen LogP contribution in [0, 0.1) is 17.2 Å². The van der Waals surface area contributed by atoms with Gasteiger partial charge in [0.15, 0.2) is 5.60 Å². The summed E-state index contributed by atoms with van der Waals surface area (Å²) in [4.78, 5) is 0. The molecule has 1 saturated carbocycles. The van der Waals surface area contributed by atoms with Crippen LogP contribution in [0.2, 0.25) is 0 Å². The normalized spacial score (nSPS) is 29.9. The van der Waals surface area contributed by atoms with Gasteiger partial charge in [0.2, 0.25) is 0 Å². The average molecular weight is 251 g/mol. The monoisotopic (exact) mass is 251 g/mol. The topological polar surface area (TPSA) is 53.2 Å². The first-order valence-electron chi connectivity index (χ1n) is 5.66. The zero-order valence-corrected chi connectivity index (χ0v) is 9.46. The fourth-order valence-electron chi connectivity index (χ4n) is 2.11. The van der Waals surface area contributed by atoms with Gasteiger partial charge in [0, 0.05) is 13.0 Å². The second-order valence-corrected chi connectivity index (χ2v) is 4.37. The van der Waals surface area contributed by atoms with E-state index in [2.05, 4.69) is 0 Å². The van der Waals surface area contributed by atoms with Gasteiger partial charge in [-0.3, -0.25) is 0 Å². The van der Waals surface area contributed by atoms with E-state index in [0.717, 1.165) is 0 Å². The van der Waals surface area contributed by atoms with Gasteiger partial charge in [0.25, 0.3) is 0 Å². The summed E-state index contributed by atoms with van der Waals surface area (Å²) in [6.45, 7) is 0.0266. The highest BCUT2D eigenvalue weighted by molar-refractivity contribution is 5.06. The number of alkyl halides is 3. The van der Waals surface area contributed by atoms with E-state index in [4.69, 9.17) is 15.1 Å². The molecule has 1 fully saturated rings. The Labute approximate surface area is 98.2 Å². The molecule has 2 atom stereocenters. The van der Waals surface area contributed by atoms with Crippen LogP contribution in [0.4, 0.5) is 13.2 Å². The standard InChI is InChI=1S/C11H16F3NO2/c12-11(13,14)9-3-1-4-10(7-9,8-15)17-6-2-5-16/h9,16H,1-7H2. The van der Waals surface area contributed by atoms with E-state index < -0.39 is 17.7 Å². The molecule has 0 heterocycles. The van der Waals surface area contributed by atoms with Gasteiger partial charge in [-0.25, -0.2) is 0 Å². The van der Waals surface area contributed by atoms with Gasteiger partial charge >= 0.3 is 6.18 Å². The highest BCUT2D eigenvalue weighted by Crippen LogP contribution is 2.43. The number of nitrogens with zero attached hydrogens (tertiary/aromatic N) is 1. The minimum Gasteiger partial charge on any atom is -0.396 e. The second kappa shape index (κ2) is 5.69. The van der Waals surface area contributed by atoms with Crippen molar-refractivity contribution in [3.05, 3.63) is 0 Å². The van der Waals surface area contributed by atoms with Crippen molar-refractivity contribution in [2.24, 2.45) is 5.92 Å². The maximum Gasteiger partial charge on any atom is 0.391 e. The largest absolute Gasteiger partial charge is 0.396 e. The van der Waals surface area contributed by atoms with Crippen LogP contribution >= 0.6 is 0 Å². The van der Waals surface area contributed by atoms with E-state index in [9.17, 15) is 13.2 Å². The summed E-state index contributed by atoms with van der Waals surface area (Å²) < 4.78 is 43.1. The molecular formula is C11H16F3NO2. The maximum absolute atomic E-state index is 12.6. The first-order valence-corrected chi connectivity index (χ1v) is 5.66. The Morgan fingerprint density at radius 2 is 2.18 bits per heavy atom. The Kier molecular flexibility index (Phi) is 4.78. The van der Waals surface area contributed by atoms with Crippen LogP contribution in [0.5, 0.6) is 0 Å². The zero-order chi connectivity index (χ0) is 12.9. The molecule has 17 heavy (non-hydrogen) atoms. The van der Waals surface area contributed by atoms with Gasteiger partial charge < -0.3 is 9.84 Å². The number of hydrogen-bond acceptors (Lipinski definition) is 3. The van der Waals surface area contributed by atoms with Crippen LogP contribution in [-0.2, 0) is 4.74 Å². The van der Waals surface area contributed by atoms with E-state index in [1.807, 2.05) is 6.07 Å². The molecule has 1 aliphatic carbocycles. The fourth-order valence-corrected chi connectivity index (χ4v) is 2.11. The number of aliphatic hydroxyl groups excluding tert-OH is 1. The van der Waals surface area contributed by atoms with E-state index in [1.54, 1.807) is 0 Å². The third kappa shape index (κ3) is 3.86. The molecule has 0 aromatic rings. The first-order chi connectivity index (χ1) is 7.93. The number of rotatable bonds is 4. The summed E-state index contributed by atoms with van der Waals surface area (Å²) in [6, 6.07) is 1.87. The Morgan fingerprint density at radius 3 is 2.71 bits per heavy atom. The third-order valence-electron chi connectivity index (χ3n) is 3.06. The van der Waals surface area contributed by atoms with Crippen molar-refractivity contribution in [3.8, 4) is 6.07 Å². The molecule has 1 rings (SSSR count). The Morgan fingerprint density at radius 1 is 1.47 bits per heavy atom. The quantitative estimate of drug-likeness (QED) is 0.780. The Balaban J connectivity index is 2.63. The molecule has 6 heteroatoms. The molecule has 0 bridgehead atoms. The summed E-state index contributed by atoms with van der Waals surface area (Å²) in [5.74, 6) is -1.45. The van der Waals surface area contributed by atoms with E-state index in [-0.39, 0.29) is 26.1 Å². The van der Waals surface area contributed by atoms with Crippen LogP contribution in [0.25, 0.3) is 0 Å². The molecule has 0 radical (unpaired) electrons. The van der Waals surface area contributed by atoms with Crippen LogP contribution < -0.4 is 0 Å². The Hall–Kier alpha value is -0.800.